The summed E-state index contributed by atoms with van der Waals surface area (Å²) in [6.45, 7) is 8.77. The maximum Gasteiger partial charge on any atom is 0.0952 e. The molecule has 2 nitrogen and oxygen atoms in total. The summed E-state index contributed by atoms with van der Waals surface area (Å²) in [6, 6.07) is 8.55. The average molecular weight is 236 g/mol. The number of rotatable bonds is 6. The highest BCUT2D eigenvalue weighted by Crippen LogP contribution is 2.13. The van der Waals surface area contributed by atoms with Crippen LogP contribution in [-0.4, -0.2) is 12.2 Å². The van der Waals surface area contributed by atoms with Crippen LogP contribution in [0.5, 0.6) is 0 Å². The molecule has 0 bridgehead atoms. The first-order valence-corrected chi connectivity index (χ1v) is 6.40. The molecule has 0 fully saturated rings. The van der Waals surface area contributed by atoms with Crippen LogP contribution in [0.1, 0.15) is 45.2 Å². The summed E-state index contributed by atoms with van der Waals surface area (Å²) in [6.07, 6.45) is 3.22. The van der Waals surface area contributed by atoms with Gasteiger partial charge in [0, 0.05) is 0 Å². The molecule has 0 N–H and O–H groups in total. The van der Waals surface area contributed by atoms with Crippen molar-refractivity contribution in [3.63, 3.8) is 0 Å². The molecule has 1 aromatic rings. The molecule has 96 valence electrons. The third-order valence-electron chi connectivity index (χ3n) is 2.40. The van der Waals surface area contributed by atoms with Gasteiger partial charge in [-0.15, -0.1) is 0 Å². The fraction of sp³-hybridized carbons (Fsp3) is 0.600. The van der Waals surface area contributed by atoms with Gasteiger partial charge >= 0.3 is 0 Å². The largest absolute Gasteiger partial charge is 0.236 e. The van der Waals surface area contributed by atoms with E-state index in [1.165, 1.54) is 17.5 Å². The van der Waals surface area contributed by atoms with E-state index >= 15 is 0 Å². The van der Waals surface area contributed by atoms with Crippen LogP contribution in [0.3, 0.4) is 0 Å². The van der Waals surface area contributed by atoms with E-state index in [-0.39, 0.29) is 5.60 Å². The molecule has 1 aromatic carbocycles. The van der Waals surface area contributed by atoms with E-state index in [1.54, 1.807) is 0 Å². The van der Waals surface area contributed by atoms with Gasteiger partial charge in [-0.25, -0.2) is 9.78 Å². The minimum Gasteiger partial charge on any atom is -0.236 e. The Labute approximate surface area is 105 Å². The molecule has 0 saturated carbocycles. The van der Waals surface area contributed by atoms with E-state index in [0.717, 1.165) is 12.8 Å². The average Bonchev–Trinajstić information content (AvgIpc) is 2.25. The molecule has 17 heavy (non-hydrogen) atoms. The fourth-order valence-corrected chi connectivity index (χ4v) is 1.68. The lowest BCUT2D eigenvalue weighted by Gasteiger charge is -2.17. The molecule has 0 atom stereocenters. The van der Waals surface area contributed by atoms with E-state index in [0.29, 0.717) is 6.61 Å². The van der Waals surface area contributed by atoms with Crippen molar-refractivity contribution < 1.29 is 9.78 Å². The summed E-state index contributed by atoms with van der Waals surface area (Å²) < 4.78 is 0. The Morgan fingerprint density at radius 2 is 1.59 bits per heavy atom. The predicted molar refractivity (Wildman–Crippen MR) is 70.9 cm³/mol. The minimum absolute atomic E-state index is 0.233. The van der Waals surface area contributed by atoms with Crippen LogP contribution < -0.4 is 0 Å². The first kappa shape index (κ1) is 14.2. The van der Waals surface area contributed by atoms with Crippen molar-refractivity contribution in [2.75, 3.05) is 6.61 Å². The Bertz CT molecular complexity index is 326. The van der Waals surface area contributed by atoms with Gasteiger partial charge in [-0.2, -0.15) is 0 Å². The Kier molecular flexibility index (Phi) is 5.66. The summed E-state index contributed by atoms with van der Waals surface area (Å²) in [5.74, 6) is 0. The Hall–Kier alpha value is -0.860. The monoisotopic (exact) mass is 236 g/mol. The normalized spacial score (nSPS) is 11.8. The topological polar surface area (TPSA) is 18.5 Å². The lowest BCUT2D eigenvalue weighted by molar-refractivity contribution is -0.347. The highest BCUT2D eigenvalue weighted by Gasteiger charge is 2.11. The molecule has 0 aromatic heterocycles. The van der Waals surface area contributed by atoms with Gasteiger partial charge < -0.3 is 0 Å². The van der Waals surface area contributed by atoms with Crippen LogP contribution in [0.4, 0.5) is 0 Å². The van der Waals surface area contributed by atoms with Gasteiger partial charge in [0.2, 0.25) is 0 Å². The Morgan fingerprint density at radius 1 is 1.00 bits per heavy atom. The summed E-state index contributed by atoms with van der Waals surface area (Å²) >= 11 is 0. The molecule has 0 radical (unpaired) electrons. The molecule has 0 amide bonds. The lowest BCUT2D eigenvalue weighted by atomic mass is 10.0. The summed E-state index contributed by atoms with van der Waals surface area (Å²) in [4.78, 5) is 10.5. The van der Waals surface area contributed by atoms with Crippen LogP contribution in [-0.2, 0) is 22.6 Å². The molecule has 0 unspecified atom stereocenters. The first-order valence-electron chi connectivity index (χ1n) is 6.40. The standard InChI is InChI=1S/C15H24O2/c1-5-8-13-9-6-7-10-14(13)11-12-16-17-15(2,3)4/h6-7,9-10H,5,8,11-12H2,1-4H3. The van der Waals surface area contributed by atoms with Gasteiger partial charge in [0.25, 0.3) is 0 Å². The molecule has 0 saturated heterocycles. The van der Waals surface area contributed by atoms with Crippen molar-refractivity contribution in [2.45, 2.75) is 52.6 Å². The summed E-state index contributed by atoms with van der Waals surface area (Å²) in [7, 11) is 0. The summed E-state index contributed by atoms with van der Waals surface area (Å²) in [5.41, 5.74) is 2.56. The number of benzene rings is 1. The van der Waals surface area contributed by atoms with Crippen LogP contribution in [0.25, 0.3) is 0 Å². The SMILES string of the molecule is CCCc1ccccc1CCOOC(C)(C)C. The van der Waals surface area contributed by atoms with Crippen LogP contribution in [0, 0.1) is 0 Å². The second-order valence-electron chi connectivity index (χ2n) is 5.29. The van der Waals surface area contributed by atoms with Gasteiger partial charge in [-0.05, 0) is 44.7 Å². The second kappa shape index (κ2) is 6.77. The second-order valence-corrected chi connectivity index (χ2v) is 5.29. The molecule has 2 heteroatoms. The zero-order valence-corrected chi connectivity index (χ0v) is 11.5. The molecule has 0 aliphatic rings. The molecule has 0 aliphatic carbocycles. The van der Waals surface area contributed by atoms with Crippen LogP contribution >= 0.6 is 0 Å². The minimum atomic E-state index is -0.233. The zero-order valence-electron chi connectivity index (χ0n) is 11.5. The van der Waals surface area contributed by atoms with Gasteiger partial charge in [0.1, 0.15) is 0 Å². The first-order chi connectivity index (χ1) is 8.03. The predicted octanol–water partition coefficient (Wildman–Crippen LogP) is 3.93. The maximum atomic E-state index is 5.25. The fourth-order valence-electron chi connectivity index (χ4n) is 1.68. The number of hydrogen-bond acceptors (Lipinski definition) is 2. The third kappa shape index (κ3) is 5.85. The molecular formula is C15H24O2. The van der Waals surface area contributed by atoms with Gasteiger partial charge in [-0.1, -0.05) is 37.6 Å². The lowest BCUT2D eigenvalue weighted by Crippen LogP contribution is -2.20. The van der Waals surface area contributed by atoms with E-state index in [9.17, 15) is 0 Å². The maximum absolute atomic E-state index is 5.25. The molecule has 1 rings (SSSR count). The smallest absolute Gasteiger partial charge is 0.0952 e. The third-order valence-corrected chi connectivity index (χ3v) is 2.40. The van der Waals surface area contributed by atoms with E-state index < -0.39 is 0 Å². The number of hydrogen-bond donors (Lipinski definition) is 0. The highest BCUT2D eigenvalue weighted by molar-refractivity contribution is 5.27. The van der Waals surface area contributed by atoms with Crippen LogP contribution in [0.2, 0.25) is 0 Å². The van der Waals surface area contributed by atoms with Gasteiger partial charge in [-0.3, -0.25) is 0 Å². The Balaban J connectivity index is 2.41. The molecular weight excluding hydrogens is 212 g/mol. The molecule has 0 spiro atoms. The van der Waals surface area contributed by atoms with Gasteiger partial charge in [0.05, 0.1) is 12.2 Å². The molecule has 0 aliphatic heterocycles. The van der Waals surface area contributed by atoms with E-state index in [2.05, 4.69) is 31.2 Å². The van der Waals surface area contributed by atoms with Crippen molar-refractivity contribution in [3.8, 4) is 0 Å². The van der Waals surface area contributed by atoms with Crippen molar-refractivity contribution in [3.05, 3.63) is 35.4 Å². The zero-order chi connectivity index (χ0) is 12.7. The van der Waals surface area contributed by atoms with Crippen LogP contribution in [0.15, 0.2) is 24.3 Å². The van der Waals surface area contributed by atoms with Crippen molar-refractivity contribution in [1.29, 1.82) is 0 Å². The van der Waals surface area contributed by atoms with Crippen molar-refractivity contribution >= 4 is 0 Å². The highest BCUT2D eigenvalue weighted by atomic mass is 17.2. The Morgan fingerprint density at radius 3 is 2.12 bits per heavy atom. The quantitative estimate of drug-likeness (QED) is 0.423. The van der Waals surface area contributed by atoms with Crippen molar-refractivity contribution in [1.82, 2.24) is 0 Å². The summed E-state index contributed by atoms with van der Waals surface area (Å²) in [5, 5.41) is 0. The van der Waals surface area contributed by atoms with E-state index in [1.807, 2.05) is 20.8 Å². The number of aryl methyl sites for hydroxylation is 1. The van der Waals surface area contributed by atoms with E-state index in [4.69, 9.17) is 9.78 Å². The van der Waals surface area contributed by atoms with Crippen molar-refractivity contribution in [2.24, 2.45) is 0 Å². The van der Waals surface area contributed by atoms with Gasteiger partial charge in [0.15, 0.2) is 0 Å². The molecule has 0 heterocycles.